The summed E-state index contributed by atoms with van der Waals surface area (Å²) in [7, 11) is 0. The van der Waals surface area contributed by atoms with Crippen LogP contribution in [0.4, 0.5) is 5.82 Å². The van der Waals surface area contributed by atoms with Crippen LogP contribution in [0.1, 0.15) is 12.5 Å². The van der Waals surface area contributed by atoms with Gasteiger partial charge in [-0.25, -0.2) is 4.98 Å². The molecule has 0 spiro atoms. The van der Waals surface area contributed by atoms with Crippen molar-refractivity contribution in [1.82, 2.24) is 4.98 Å². The molecule has 0 atom stereocenters. The predicted molar refractivity (Wildman–Crippen MR) is 109 cm³/mol. The lowest BCUT2D eigenvalue weighted by Crippen LogP contribution is -2.00. The summed E-state index contributed by atoms with van der Waals surface area (Å²) in [5, 5.41) is 5.60. The molecule has 3 heteroatoms. The summed E-state index contributed by atoms with van der Waals surface area (Å²) in [4.78, 5) is 4.58. The van der Waals surface area contributed by atoms with Crippen molar-refractivity contribution >= 4 is 22.4 Å². The molecular weight excluding hydrogens is 318 g/mol. The molecule has 4 rings (SSSR count). The van der Waals surface area contributed by atoms with Crippen LogP contribution < -0.4 is 5.43 Å². The van der Waals surface area contributed by atoms with E-state index < -0.39 is 0 Å². The minimum atomic E-state index is 0.740. The second-order valence-electron chi connectivity index (χ2n) is 6.14. The van der Waals surface area contributed by atoms with E-state index in [1.165, 1.54) is 11.1 Å². The molecule has 0 fully saturated rings. The molecule has 26 heavy (non-hydrogen) atoms. The molecule has 0 radical (unpaired) electrons. The van der Waals surface area contributed by atoms with E-state index in [1.807, 2.05) is 43.3 Å². The minimum absolute atomic E-state index is 0.740. The molecule has 0 aliphatic carbocycles. The third-order valence-corrected chi connectivity index (χ3v) is 4.35. The Morgan fingerprint density at radius 2 is 1.42 bits per heavy atom. The molecule has 1 N–H and O–H groups in total. The molecule has 0 saturated heterocycles. The number of para-hydroxylation sites is 1. The first kappa shape index (κ1) is 16.0. The smallest absolute Gasteiger partial charge is 0.146 e. The SMILES string of the molecule is CC(=NNc1ccc2ccccc2n1)c1ccc(-c2ccccc2)cc1. The van der Waals surface area contributed by atoms with Crippen LogP contribution in [0, 0.1) is 0 Å². The monoisotopic (exact) mass is 337 g/mol. The Morgan fingerprint density at radius 1 is 0.731 bits per heavy atom. The number of nitrogens with zero attached hydrogens (tertiary/aromatic N) is 2. The Bertz CT molecular complexity index is 1050. The zero-order valence-corrected chi connectivity index (χ0v) is 14.6. The highest BCUT2D eigenvalue weighted by molar-refractivity contribution is 5.99. The molecule has 0 aliphatic rings. The number of fused-ring (bicyclic) bond motifs is 1. The summed E-state index contributed by atoms with van der Waals surface area (Å²) in [6.07, 6.45) is 0. The number of hydrogen-bond donors (Lipinski definition) is 1. The minimum Gasteiger partial charge on any atom is -0.261 e. The fourth-order valence-corrected chi connectivity index (χ4v) is 2.87. The maximum atomic E-state index is 4.58. The molecule has 0 saturated carbocycles. The van der Waals surface area contributed by atoms with Crippen molar-refractivity contribution in [2.75, 3.05) is 5.43 Å². The molecule has 3 aromatic carbocycles. The van der Waals surface area contributed by atoms with Gasteiger partial charge in [0.15, 0.2) is 0 Å². The Hall–Kier alpha value is -3.46. The van der Waals surface area contributed by atoms with E-state index in [0.29, 0.717) is 0 Å². The highest BCUT2D eigenvalue weighted by Gasteiger charge is 2.01. The first-order chi connectivity index (χ1) is 12.8. The zero-order chi connectivity index (χ0) is 17.8. The summed E-state index contributed by atoms with van der Waals surface area (Å²) in [6.45, 7) is 1.99. The average molecular weight is 337 g/mol. The van der Waals surface area contributed by atoms with Gasteiger partial charge >= 0.3 is 0 Å². The number of nitrogens with one attached hydrogen (secondary N) is 1. The standard InChI is InChI=1S/C23H19N3/c1-17(18-11-13-20(14-12-18)19-7-3-2-4-8-19)25-26-23-16-15-21-9-5-6-10-22(21)24-23/h2-16H,1H3,(H,24,26). The Morgan fingerprint density at radius 3 is 2.23 bits per heavy atom. The number of hydrazone groups is 1. The van der Waals surface area contributed by atoms with Gasteiger partial charge in [-0.05, 0) is 41.8 Å². The largest absolute Gasteiger partial charge is 0.261 e. The van der Waals surface area contributed by atoms with E-state index in [9.17, 15) is 0 Å². The van der Waals surface area contributed by atoms with Crippen LogP contribution >= 0.6 is 0 Å². The van der Waals surface area contributed by atoms with Gasteiger partial charge in [-0.15, -0.1) is 0 Å². The van der Waals surface area contributed by atoms with Crippen molar-refractivity contribution in [1.29, 1.82) is 0 Å². The normalized spacial score (nSPS) is 11.5. The first-order valence-electron chi connectivity index (χ1n) is 8.61. The van der Waals surface area contributed by atoms with Crippen molar-refractivity contribution in [3.63, 3.8) is 0 Å². The van der Waals surface area contributed by atoms with Crippen LogP contribution in [-0.2, 0) is 0 Å². The van der Waals surface area contributed by atoms with Crippen LogP contribution in [0.25, 0.3) is 22.0 Å². The maximum absolute atomic E-state index is 4.58. The lowest BCUT2D eigenvalue weighted by molar-refractivity contribution is 1.25. The van der Waals surface area contributed by atoms with Crippen LogP contribution in [0.2, 0.25) is 0 Å². The summed E-state index contributed by atoms with van der Waals surface area (Å²) < 4.78 is 0. The number of hydrogen-bond acceptors (Lipinski definition) is 3. The van der Waals surface area contributed by atoms with Crippen LogP contribution in [0.5, 0.6) is 0 Å². The van der Waals surface area contributed by atoms with Gasteiger partial charge in [0.2, 0.25) is 0 Å². The fraction of sp³-hybridized carbons (Fsp3) is 0.0435. The summed E-state index contributed by atoms with van der Waals surface area (Å²) in [5.74, 6) is 0.740. The highest BCUT2D eigenvalue weighted by Crippen LogP contribution is 2.20. The lowest BCUT2D eigenvalue weighted by Gasteiger charge is -2.06. The van der Waals surface area contributed by atoms with E-state index in [1.54, 1.807) is 0 Å². The lowest BCUT2D eigenvalue weighted by atomic mass is 10.0. The van der Waals surface area contributed by atoms with Gasteiger partial charge in [-0.2, -0.15) is 5.10 Å². The van der Waals surface area contributed by atoms with Gasteiger partial charge < -0.3 is 0 Å². The van der Waals surface area contributed by atoms with E-state index in [-0.39, 0.29) is 0 Å². The molecule has 1 heterocycles. The Labute approximate surface area is 153 Å². The number of pyridine rings is 1. The topological polar surface area (TPSA) is 37.3 Å². The predicted octanol–water partition coefficient (Wildman–Crippen LogP) is 5.74. The van der Waals surface area contributed by atoms with Gasteiger partial charge in [0.05, 0.1) is 11.2 Å². The highest BCUT2D eigenvalue weighted by atomic mass is 15.3. The third kappa shape index (κ3) is 3.47. The molecule has 0 aliphatic heterocycles. The second kappa shape index (κ2) is 7.19. The van der Waals surface area contributed by atoms with Gasteiger partial charge in [0, 0.05) is 5.39 Å². The van der Waals surface area contributed by atoms with Gasteiger partial charge in [0.1, 0.15) is 5.82 Å². The van der Waals surface area contributed by atoms with E-state index >= 15 is 0 Å². The summed E-state index contributed by atoms with van der Waals surface area (Å²) in [6, 6.07) is 30.8. The van der Waals surface area contributed by atoms with Crippen LogP contribution in [-0.4, -0.2) is 10.7 Å². The molecule has 4 aromatic rings. The van der Waals surface area contributed by atoms with Crippen molar-refractivity contribution in [2.24, 2.45) is 5.10 Å². The van der Waals surface area contributed by atoms with Crippen LogP contribution in [0.15, 0.2) is 96.1 Å². The van der Waals surface area contributed by atoms with Crippen molar-refractivity contribution in [3.8, 4) is 11.1 Å². The van der Waals surface area contributed by atoms with Crippen LogP contribution in [0.3, 0.4) is 0 Å². The zero-order valence-electron chi connectivity index (χ0n) is 14.6. The summed E-state index contributed by atoms with van der Waals surface area (Å²) in [5.41, 5.74) is 8.43. The molecule has 126 valence electrons. The second-order valence-corrected chi connectivity index (χ2v) is 6.14. The number of rotatable bonds is 4. The first-order valence-corrected chi connectivity index (χ1v) is 8.61. The number of anilines is 1. The van der Waals surface area contributed by atoms with Gasteiger partial charge in [-0.1, -0.05) is 72.8 Å². The average Bonchev–Trinajstić information content (AvgIpc) is 2.72. The maximum Gasteiger partial charge on any atom is 0.146 e. The quantitative estimate of drug-likeness (QED) is 0.381. The van der Waals surface area contributed by atoms with Gasteiger partial charge in [-0.3, -0.25) is 5.43 Å². The molecule has 3 nitrogen and oxygen atoms in total. The molecular formula is C23H19N3. The van der Waals surface area contributed by atoms with E-state index in [2.05, 4.69) is 70.1 Å². The molecule has 0 unspecified atom stereocenters. The Kier molecular flexibility index (Phi) is 4.44. The molecule has 0 amide bonds. The number of aromatic nitrogens is 1. The van der Waals surface area contributed by atoms with E-state index in [0.717, 1.165) is 28.0 Å². The summed E-state index contributed by atoms with van der Waals surface area (Å²) >= 11 is 0. The van der Waals surface area contributed by atoms with Gasteiger partial charge in [0.25, 0.3) is 0 Å². The molecule has 0 bridgehead atoms. The Balaban J connectivity index is 1.51. The third-order valence-electron chi connectivity index (χ3n) is 4.35. The van der Waals surface area contributed by atoms with Crippen molar-refractivity contribution in [3.05, 3.63) is 96.6 Å². The number of benzene rings is 3. The van der Waals surface area contributed by atoms with Crippen molar-refractivity contribution < 1.29 is 0 Å². The van der Waals surface area contributed by atoms with Crippen molar-refractivity contribution in [2.45, 2.75) is 6.92 Å². The van der Waals surface area contributed by atoms with E-state index in [4.69, 9.17) is 0 Å². The fourth-order valence-electron chi connectivity index (χ4n) is 2.87. The molecule has 1 aromatic heterocycles.